The van der Waals surface area contributed by atoms with E-state index in [1.807, 2.05) is 5.43 Å². The molecule has 0 aliphatic heterocycles. The van der Waals surface area contributed by atoms with Crippen molar-refractivity contribution in [3.8, 4) is 0 Å². The molecule has 0 aromatic carbocycles. The molecule has 0 bridgehead atoms. The van der Waals surface area contributed by atoms with Gasteiger partial charge in [-0.15, -0.1) is 17.0 Å². The maximum Gasteiger partial charge on any atom is 0.230 e. The summed E-state index contributed by atoms with van der Waals surface area (Å²) in [5.74, 6) is 4.35. The lowest BCUT2D eigenvalue weighted by Gasteiger charge is -1.80. The van der Waals surface area contributed by atoms with Crippen LogP contribution in [0.15, 0.2) is 0 Å². The van der Waals surface area contributed by atoms with Crippen molar-refractivity contribution in [2.75, 3.05) is 0 Å². The van der Waals surface area contributed by atoms with Crippen molar-refractivity contribution in [1.29, 1.82) is 0 Å². The highest BCUT2D eigenvalue weighted by molar-refractivity contribution is 8.93. The molecule has 0 aliphatic carbocycles. The van der Waals surface area contributed by atoms with Gasteiger partial charge in [0.1, 0.15) is 0 Å². The molecular formula is C2H7BrN2O. The second-order valence-corrected chi connectivity index (χ2v) is 0.701. The van der Waals surface area contributed by atoms with Gasteiger partial charge in [0.2, 0.25) is 5.91 Å². The van der Waals surface area contributed by atoms with Crippen molar-refractivity contribution in [3.63, 3.8) is 0 Å². The Hall–Kier alpha value is -0.0900. The van der Waals surface area contributed by atoms with E-state index in [-0.39, 0.29) is 22.9 Å². The lowest BCUT2D eigenvalue weighted by Crippen LogP contribution is -2.26. The van der Waals surface area contributed by atoms with Crippen LogP contribution in [0.25, 0.3) is 0 Å². The van der Waals surface area contributed by atoms with Gasteiger partial charge in [-0.05, 0) is 0 Å². The minimum Gasteiger partial charge on any atom is -0.295 e. The summed E-state index contributed by atoms with van der Waals surface area (Å²) >= 11 is 0. The van der Waals surface area contributed by atoms with Crippen molar-refractivity contribution in [3.05, 3.63) is 0 Å². The minimum absolute atomic E-state index is 0. The molecule has 38 valence electrons. The molecule has 0 saturated carbocycles. The quantitative estimate of drug-likeness (QED) is 0.283. The smallest absolute Gasteiger partial charge is 0.230 e. The Kier molecular flexibility index (Phi) is 7.63. The highest BCUT2D eigenvalue weighted by Crippen LogP contribution is 1.41. The predicted molar refractivity (Wildman–Crippen MR) is 28.3 cm³/mol. The molecule has 0 heterocycles. The first-order valence-electron chi connectivity index (χ1n) is 1.24. The second kappa shape index (κ2) is 4.91. The van der Waals surface area contributed by atoms with E-state index in [0.29, 0.717) is 0 Å². The van der Waals surface area contributed by atoms with Gasteiger partial charge >= 0.3 is 0 Å². The predicted octanol–water partition coefficient (Wildman–Crippen LogP) is -0.426. The maximum atomic E-state index is 9.58. The average Bonchev–Trinajstić information content (AvgIpc) is 1.38. The van der Waals surface area contributed by atoms with Gasteiger partial charge in [-0.1, -0.05) is 0 Å². The Labute approximate surface area is 46.6 Å². The van der Waals surface area contributed by atoms with Crippen LogP contribution in [0.3, 0.4) is 0 Å². The third kappa shape index (κ3) is 9.08. The number of nitrogens with one attached hydrogen (secondary N) is 1. The van der Waals surface area contributed by atoms with E-state index in [4.69, 9.17) is 0 Å². The van der Waals surface area contributed by atoms with E-state index >= 15 is 0 Å². The fraction of sp³-hybridized carbons (Fsp3) is 0.500. The Morgan fingerprint density at radius 1 is 1.83 bits per heavy atom. The first kappa shape index (κ1) is 9.32. The molecule has 0 rings (SSSR count). The van der Waals surface area contributed by atoms with Crippen molar-refractivity contribution in [1.82, 2.24) is 5.43 Å². The standard InChI is InChI=1S/C2H6N2O.BrH/c1-2(5)4-3;/h3H2,1H3,(H,4,5);1H. The summed E-state index contributed by atoms with van der Waals surface area (Å²) in [6.07, 6.45) is 0. The summed E-state index contributed by atoms with van der Waals surface area (Å²) < 4.78 is 0. The van der Waals surface area contributed by atoms with Gasteiger partial charge in [0, 0.05) is 6.92 Å². The molecule has 3 N–H and O–H groups in total. The Bertz CT molecular complexity index is 46.8. The fourth-order valence-corrected chi connectivity index (χ4v) is 0. The second-order valence-electron chi connectivity index (χ2n) is 0.701. The number of hydrogen-bond acceptors (Lipinski definition) is 2. The summed E-state index contributed by atoms with van der Waals surface area (Å²) in [5.41, 5.74) is 1.89. The largest absolute Gasteiger partial charge is 0.295 e. The van der Waals surface area contributed by atoms with Crippen LogP contribution in [-0.2, 0) is 4.79 Å². The summed E-state index contributed by atoms with van der Waals surface area (Å²) in [4.78, 5) is 9.58. The van der Waals surface area contributed by atoms with E-state index in [9.17, 15) is 4.79 Å². The van der Waals surface area contributed by atoms with E-state index in [1.54, 1.807) is 0 Å². The van der Waals surface area contributed by atoms with E-state index in [1.165, 1.54) is 6.92 Å². The lowest BCUT2D eigenvalue weighted by atomic mass is 10.8. The van der Waals surface area contributed by atoms with Crippen molar-refractivity contribution >= 4 is 22.9 Å². The van der Waals surface area contributed by atoms with Crippen LogP contribution in [0, 0.1) is 0 Å². The van der Waals surface area contributed by atoms with Crippen LogP contribution in [0.4, 0.5) is 0 Å². The molecule has 3 nitrogen and oxygen atoms in total. The van der Waals surface area contributed by atoms with Crippen LogP contribution in [0.5, 0.6) is 0 Å². The molecule has 0 radical (unpaired) electrons. The molecule has 0 aromatic heterocycles. The number of rotatable bonds is 0. The molecule has 0 spiro atoms. The maximum absolute atomic E-state index is 9.58. The molecule has 0 atom stereocenters. The number of nitrogens with two attached hydrogens (primary N) is 1. The Morgan fingerprint density at radius 3 is 2.00 bits per heavy atom. The summed E-state index contributed by atoms with van der Waals surface area (Å²) in [6.45, 7) is 1.35. The summed E-state index contributed by atoms with van der Waals surface area (Å²) in [5, 5.41) is 0. The zero-order valence-electron chi connectivity index (χ0n) is 3.39. The van der Waals surface area contributed by atoms with Crippen molar-refractivity contribution in [2.24, 2.45) is 5.84 Å². The van der Waals surface area contributed by atoms with Crippen molar-refractivity contribution < 1.29 is 4.79 Å². The molecular weight excluding hydrogens is 148 g/mol. The molecule has 0 unspecified atom stereocenters. The van der Waals surface area contributed by atoms with Gasteiger partial charge < -0.3 is 0 Å². The molecule has 4 heteroatoms. The Morgan fingerprint density at radius 2 is 2.00 bits per heavy atom. The normalized spacial score (nSPS) is 5.67. The third-order valence-electron chi connectivity index (χ3n) is 0.203. The average molecular weight is 155 g/mol. The summed E-state index contributed by atoms with van der Waals surface area (Å²) in [7, 11) is 0. The molecule has 6 heavy (non-hydrogen) atoms. The van der Waals surface area contributed by atoms with E-state index in [2.05, 4.69) is 5.84 Å². The SMILES string of the molecule is Br.CC(=O)NN. The Balaban J connectivity index is 0. The summed E-state index contributed by atoms with van der Waals surface area (Å²) in [6, 6.07) is 0. The first-order valence-corrected chi connectivity index (χ1v) is 1.24. The van der Waals surface area contributed by atoms with Crippen LogP contribution in [0.1, 0.15) is 6.92 Å². The molecule has 0 aromatic rings. The molecule has 1 amide bonds. The van der Waals surface area contributed by atoms with E-state index < -0.39 is 0 Å². The van der Waals surface area contributed by atoms with Crippen LogP contribution in [-0.4, -0.2) is 5.91 Å². The number of halogens is 1. The topological polar surface area (TPSA) is 55.1 Å². The van der Waals surface area contributed by atoms with Crippen LogP contribution >= 0.6 is 17.0 Å². The zero-order chi connectivity index (χ0) is 4.28. The number of hydrazine groups is 1. The van der Waals surface area contributed by atoms with Gasteiger partial charge in [0.05, 0.1) is 0 Å². The van der Waals surface area contributed by atoms with Gasteiger partial charge in [-0.25, -0.2) is 5.84 Å². The van der Waals surface area contributed by atoms with Gasteiger partial charge in [0.15, 0.2) is 0 Å². The number of hydrogen-bond donors (Lipinski definition) is 2. The van der Waals surface area contributed by atoms with Gasteiger partial charge in [0.25, 0.3) is 0 Å². The lowest BCUT2D eigenvalue weighted by molar-refractivity contribution is -0.119. The van der Waals surface area contributed by atoms with Gasteiger partial charge in [-0.2, -0.15) is 0 Å². The molecule has 0 saturated heterocycles. The van der Waals surface area contributed by atoms with Crippen LogP contribution < -0.4 is 11.3 Å². The zero-order valence-corrected chi connectivity index (χ0v) is 5.11. The van der Waals surface area contributed by atoms with Crippen LogP contribution in [0.2, 0.25) is 0 Å². The molecule has 0 aliphatic rings. The van der Waals surface area contributed by atoms with Crippen molar-refractivity contribution in [2.45, 2.75) is 6.92 Å². The molecule has 0 fully saturated rings. The number of carbonyl (C=O) groups excluding carboxylic acids is 1. The number of amides is 1. The van der Waals surface area contributed by atoms with E-state index in [0.717, 1.165) is 0 Å². The monoisotopic (exact) mass is 154 g/mol. The number of carbonyl (C=O) groups is 1. The minimum atomic E-state index is -0.218. The first-order chi connectivity index (χ1) is 2.27. The van der Waals surface area contributed by atoms with Gasteiger partial charge in [-0.3, -0.25) is 10.2 Å². The highest BCUT2D eigenvalue weighted by atomic mass is 79.9. The third-order valence-corrected chi connectivity index (χ3v) is 0.203. The highest BCUT2D eigenvalue weighted by Gasteiger charge is 1.73. The fourth-order valence-electron chi connectivity index (χ4n) is 0.